The predicted octanol–water partition coefficient (Wildman–Crippen LogP) is 3.78. The summed E-state index contributed by atoms with van der Waals surface area (Å²) in [7, 11) is 5.66. The molecule has 2 unspecified atom stereocenters. The molecule has 17 nitrogen and oxygen atoms in total. The maximum Gasteiger partial charge on any atom is 0.351 e. The van der Waals surface area contributed by atoms with Crippen LogP contribution < -0.4 is 22.0 Å². The van der Waals surface area contributed by atoms with Gasteiger partial charge in [0.05, 0.1) is 32.8 Å². The highest BCUT2D eigenvalue weighted by atomic mass is 35.5. The largest absolute Gasteiger partial charge is 0.478 e. The molecule has 1 aromatic heterocycles. The molecule has 0 radical (unpaired) electrons. The first kappa shape index (κ1) is 41.5. The first-order valence-corrected chi connectivity index (χ1v) is 16.8. The van der Waals surface area contributed by atoms with Gasteiger partial charge in [-0.25, -0.2) is 37.3 Å². The third-order valence-electron chi connectivity index (χ3n) is 8.18. The fraction of sp³-hybridized carbons (Fsp3) is 0.323. The lowest BCUT2D eigenvalue weighted by molar-refractivity contribution is -0.160. The number of aromatic nitrogens is 3. The number of carbonyl (C=O) groups is 3. The molecule has 3 heterocycles. The molecule has 5 rings (SSSR count). The molecule has 3 aromatic rings. The highest BCUT2D eigenvalue weighted by Gasteiger charge is 2.44. The second kappa shape index (κ2) is 15.6. The van der Waals surface area contributed by atoms with E-state index in [1.165, 1.54) is 41.1 Å². The number of urea groups is 1. The van der Waals surface area contributed by atoms with Crippen LogP contribution in [0.1, 0.15) is 37.8 Å². The van der Waals surface area contributed by atoms with Crippen LogP contribution in [-0.4, -0.2) is 88.6 Å². The Morgan fingerprint density at radius 3 is 1.76 bits per heavy atom. The van der Waals surface area contributed by atoms with Gasteiger partial charge < -0.3 is 30.5 Å². The van der Waals surface area contributed by atoms with Gasteiger partial charge in [-0.05, 0) is 62.5 Å². The average Bonchev–Trinajstić information content (AvgIpc) is 3.72. The number of benzene rings is 2. The number of halogens is 4. The zero-order chi connectivity index (χ0) is 40.6. The predicted molar refractivity (Wildman–Crippen MR) is 198 cm³/mol. The number of oxime groups is 2. The number of hydrogen-bond acceptors (Lipinski definition) is 11. The van der Waals surface area contributed by atoms with Crippen molar-refractivity contribution in [1.82, 2.24) is 23.9 Å². The Labute approximate surface area is 324 Å². The zero-order valence-corrected chi connectivity index (χ0v) is 32.1. The number of nitrogens with zero attached hydrogens (tertiary/aromatic N) is 6. The summed E-state index contributed by atoms with van der Waals surface area (Å²) in [5, 5.41) is 31.0. The van der Waals surface area contributed by atoms with Gasteiger partial charge in [0.1, 0.15) is 11.6 Å². The number of aliphatic carboxylic acids is 2. The number of carboxylic acid groups (broad SMARTS) is 2. The lowest BCUT2D eigenvalue weighted by Crippen LogP contribution is -2.43. The maximum absolute atomic E-state index is 14.6. The van der Waals surface area contributed by atoms with Crippen molar-refractivity contribution in [2.75, 3.05) is 19.4 Å². The Bertz CT molecular complexity index is 2330. The van der Waals surface area contributed by atoms with Gasteiger partial charge in [0.15, 0.2) is 9.88 Å². The highest BCUT2D eigenvalue weighted by Crippen LogP contribution is 2.33. The number of nitrogens with one attached hydrogen (secondary N) is 2. The number of rotatable bonds is 6. The van der Waals surface area contributed by atoms with Crippen molar-refractivity contribution in [3.63, 3.8) is 0 Å². The molecule has 2 atom stereocenters. The van der Waals surface area contributed by atoms with E-state index in [1.54, 1.807) is 7.05 Å². The van der Waals surface area contributed by atoms with Crippen molar-refractivity contribution < 1.29 is 43.1 Å². The van der Waals surface area contributed by atoms with Crippen molar-refractivity contribution >= 4 is 87.8 Å². The Balaban J connectivity index is 0.000000241. The standard InChI is InChI=1S/C16H14ClFN4O5S.C15H16ClFN4O4S/c1-16(12(23)24)6-10(19-27-16)7-4-11(9(18)5-8(7)17)22-13(25)20(2)15(28)21(3)14(22)26;1-15(12(22)23)6-11(20-25-15)7-4-10(9(17)5-8(7)16)19-13(24)21(3)14(26)18-2/h4-5H,6H2,1-3H3,(H,23,24);4-5H,6H2,1-3H3,(H,18,26)(H,19,24)(H,22,23). The first-order valence-electron chi connectivity index (χ1n) is 15.2. The normalized spacial score (nSPS) is 18.6. The molecular formula is C31H30Cl2F2N8O9S2. The van der Waals surface area contributed by atoms with Gasteiger partial charge in [-0.3, -0.25) is 14.0 Å². The molecule has 0 saturated heterocycles. The fourth-order valence-electron chi connectivity index (χ4n) is 4.83. The first-order chi connectivity index (χ1) is 25.1. The Kier molecular flexibility index (Phi) is 12.0. The zero-order valence-electron chi connectivity index (χ0n) is 29.0. The van der Waals surface area contributed by atoms with E-state index in [4.69, 9.17) is 57.3 Å². The summed E-state index contributed by atoms with van der Waals surface area (Å²) in [6, 6.07) is 3.66. The minimum atomic E-state index is -1.60. The molecule has 54 heavy (non-hydrogen) atoms. The average molecular weight is 832 g/mol. The summed E-state index contributed by atoms with van der Waals surface area (Å²) >= 11 is 22.1. The van der Waals surface area contributed by atoms with Crippen LogP contribution >= 0.6 is 47.6 Å². The molecule has 2 amide bonds. The summed E-state index contributed by atoms with van der Waals surface area (Å²) in [6.45, 7) is 2.69. The molecule has 2 aliphatic heterocycles. The molecule has 2 aromatic carbocycles. The van der Waals surface area contributed by atoms with Crippen molar-refractivity contribution in [3.8, 4) is 5.69 Å². The number of carbonyl (C=O) groups excluding carboxylic acids is 1. The third-order valence-corrected chi connectivity index (χ3v) is 9.83. The molecule has 0 saturated carbocycles. The van der Waals surface area contributed by atoms with Gasteiger partial charge in [0.25, 0.3) is 0 Å². The van der Waals surface area contributed by atoms with Gasteiger partial charge in [-0.15, -0.1) is 0 Å². The van der Waals surface area contributed by atoms with E-state index < -0.39 is 52.2 Å². The number of anilines is 1. The van der Waals surface area contributed by atoms with E-state index >= 15 is 0 Å². The minimum Gasteiger partial charge on any atom is -0.478 e. The van der Waals surface area contributed by atoms with Crippen LogP contribution in [0.25, 0.3) is 5.69 Å². The minimum absolute atomic E-state index is 0.0107. The number of amides is 2. The Morgan fingerprint density at radius 1 is 0.889 bits per heavy atom. The van der Waals surface area contributed by atoms with Crippen LogP contribution in [0.5, 0.6) is 0 Å². The van der Waals surface area contributed by atoms with Crippen molar-refractivity contribution in [3.05, 3.63) is 82.8 Å². The molecular weight excluding hydrogens is 801 g/mol. The monoisotopic (exact) mass is 830 g/mol. The second-order valence-electron chi connectivity index (χ2n) is 12.1. The summed E-state index contributed by atoms with van der Waals surface area (Å²) in [4.78, 5) is 70.8. The van der Waals surface area contributed by atoms with E-state index in [-0.39, 0.29) is 66.7 Å². The molecule has 0 bridgehead atoms. The number of thiocarbonyl (C=S) groups is 1. The van der Waals surface area contributed by atoms with Gasteiger partial charge in [-0.1, -0.05) is 33.5 Å². The SMILES string of the molecule is CNC(=S)N(C)C(=O)Nc1cc(C2=NOC(C)(C(=O)O)C2)c(Cl)cc1F.Cn1c(=S)n(C)c(=O)n(-c2cc(C3=NOC(C)(C(=O)O)C3)c(Cl)cc2F)c1=O. The number of hydrogen-bond donors (Lipinski definition) is 4. The van der Waals surface area contributed by atoms with E-state index in [0.717, 1.165) is 32.2 Å². The van der Waals surface area contributed by atoms with Crippen molar-refractivity contribution in [2.24, 2.45) is 24.4 Å². The smallest absolute Gasteiger partial charge is 0.351 e. The lowest BCUT2D eigenvalue weighted by Gasteiger charge is -2.19. The fourth-order valence-corrected chi connectivity index (χ4v) is 5.59. The molecule has 2 aliphatic rings. The van der Waals surface area contributed by atoms with E-state index in [2.05, 4.69) is 20.9 Å². The summed E-state index contributed by atoms with van der Waals surface area (Å²) in [5.41, 5.74) is -4.59. The Morgan fingerprint density at radius 2 is 1.33 bits per heavy atom. The van der Waals surface area contributed by atoms with E-state index in [0.29, 0.717) is 4.57 Å². The molecule has 0 spiro atoms. The van der Waals surface area contributed by atoms with E-state index in [1.807, 2.05) is 0 Å². The molecule has 0 fully saturated rings. The summed E-state index contributed by atoms with van der Waals surface area (Å²) in [6.07, 6.45) is -0.205. The molecule has 23 heteroatoms. The van der Waals surface area contributed by atoms with Crippen LogP contribution in [0.3, 0.4) is 0 Å². The lowest BCUT2D eigenvalue weighted by atomic mass is 9.96. The van der Waals surface area contributed by atoms with E-state index in [9.17, 15) is 43.0 Å². The topological polar surface area (TPSA) is 211 Å². The van der Waals surface area contributed by atoms with Crippen LogP contribution in [-0.2, 0) is 33.4 Å². The quantitative estimate of drug-likeness (QED) is 0.262. The molecule has 288 valence electrons. The van der Waals surface area contributed by atoms with Crippen LogP contribution in [0.4, 0.5) is 19.3 Å². The second-order valence-corrected chi connectivity index (χ2v) is 13.7. The van der Waals surface area contributed by atoms with Crippen LogP contribution in [0.15, 0.2) is 44.2 Å². The molecule has 0 aliphatic carbocycles. The van der Waals surface area contributed by atoms with Gasteiger partial charge in [0, 0.05) is 52.2 Å². The third kappa shape index (κ3) is 7.98. The van der Waals surface area contributed by atoms with Gasteiger partial charge >= 0.3 is 29.3 Å². The van der Waals surface area contributed by atoms with Gasteiger partial charge in [0.2, 0.25) is 11.2 Å². The molecule has 4 N–H and O–H groups in total. The Hall–Kier alpha value is -5.25. The number of carboxylic acids is 2. The van der Waals surface area contributed by atoms with Crippen LogP contribution in [0.2, 0.25) is 10.0 Å². The van der Waals surface area contributed by atoms with Gasteiger partial charge in [-0.2, -0.15) is 0 Å². The summed E-state index contributed by atoms with van der Waals surface area (Å²) < 4.78 is 31.4. The van der Waals surface area contributed by atoms with Crippen LogP contribution in [0, 0.1) is 16.4 Å². The highest BCUT2D eigenvalue weighted by molar-refractivity contribution is 7.80. The van der Waals surface area contributed by atoms with Crippen molar-refractivity contribution in [2.45, 2.75) is 37.9 Å². The maximum atomic E-state index is 14.6. The van der Waals surface area contributed by atoms with Crippen molar-refractivity contribution in [1.29, 1.82) is 0 Å². The summed E-state index contributed by atoms with van der Waals surface area (Å²) in [5.74, 6) is -4.12.